The molecule has 1 rings (SSSR count). The molecule has 0 spiro atoms. The summed E-state index contributed by atoms with van der Waals surface area (Å²) in [6.07, 6.45) is 0. The van der Waals surface area contributed by atoms with E-state index in [1.165, 1.54) is 13.0 Å². The SMILES string of the molecule is Cc1c(Cl)cc(C(=O)Cl)cc1S(=O)(=O)Cl. The van der Waals surface area contributed by atoms with Crippen LogP contribution in [0.4, 0.5) is 0 Å². The molecule has 0 bridgehead atoms. The zero-order valence-corrected chi connectivity index (χ0v) is 10.5. The lowest BCUT2D eigenvalue weighted by atomic mass is 10.2. The molecule has 0 fully saturated rings. The van der Waals surface area contributed by atoms with Crippen molar-refractivity contribution in [3.63, 3.8) is 0 Å². The van der Waals surface area contributed by atoms with Crippen LogP contribution >= 0.6 is 33.9 Å². The second kappa shape index (κ2) is 4.29. The second-order valence-electron chi connectivity index (χ2n) is 2.79. The summed E-state index contributed by atoms with van der Waals surface area (Å²) in [5.74, 6) is 0. The summed E-state index contributed by atoms with van der Waals surface area (Å²) in [6.45, 7) is 1.49. The van der Waals surface area contributed by atoms with Crippen LogP contribution in [-0.2, 0) is 9.05 Å². The number of halogens is 3. The molecule has 0 aliphatic rings. The maximum Gasteiger partial charge on any atom is 0.261 e. The Hall–Kier alpha value is -0.290. The van der Waals surface area contributed by atoms with Crippen molar-refractivity contribution in [1.29, 1.82) is 0 Å². The van der Waals surface area contributed by atoms with Gasteiger partial charge in [0.05, 0.1) is 4.90 Å². The first-order chi connectivity index (χ1) is 6.73. The smallest absolute Gasteiger partial charge is 0.261 e. The molecule has 1 aromatic carbocycles. The lowest BCUT2D eigenvalue weighted by Crippen LogP contribution is -1.99. The molecule has 7 heteroatoms. The Bertz CT molecular complexity index is 522. The van der Waals surface area contributed by atoms with E-state index in [0.29, 0.717) is 0 Å². The fraction of sp³-hybridized carbons (Fsp3) is 0.125. The highest BCUT2D eigenvalue weighted by Gasteiger charge is 2.18. The van der Waals surface area contributed by atoms with E-state index in [1.54, 1.807) is 0 Å². The third-order valence-electron chi connectivity index (χ3n) is 1.79. The summed E-state index contributed by atoms with van der Waals surface area (Å²) < 4.78 is 22.3. The van der Waals surface area contributed by atoms with Gasteiger partial charge in [0, 0.05) is 21.3 Å². The Morgan fingerprint density at radius 2 is 1.87 bits per heavy atom. The Balaban J connectivity index is 3.59. The van der Waals surface area contributed by atoms with Gasteiger partial charge in [-0.3, -0.25) is 4.79 Å². The topological polar surface area (TPSA) is 51.2 Å². The van der Waals surface area contributed by atoms with Crippen LogP contribution in [0, 0.1) is 6.92 Å². The van der Waals surface area contributed by atoms with Crippen molar-refractivity contribution in [2.75, 3.05) is 0 Å². The van der Waals surface area contributed by atoms with E-state index in [2.05, 4.69) is 0 Å². The summed E-state index contributed by atoms with van der Waals surface area (Å²) in [7, 11) is 1.24. The van der Waals surface area contributed by atoms with Crippen LogP contribution in [0.3, 0.4) is 0 Å². The molecule has 1 aromatic rings. The van der Waals surface area contributed by atoms with E-state index in [1.807, 2.05) is 0 Å². The normalized spacial score (nSPS) is 11.5. The lowest BCUT2D eigenvalue weighted by molar-refractivity contribution is 0.108. The lowest BCUT2D eigenvalue weighted by Gasteiger charge is -2.05. The van der Waals surface area contributed by atoms with Crippen molar-refractivity contribution in [2.45, 2.75) is 11.8 Å². The Kier molecular flexibility index (Phi) is 3.66. The van der Waals surface area contributed by atoms with Crippen LogP contribution in [0.15, 0.2) is 17.0 Å². The van der Waals surface area contributed by atoms with Crippen LogP contribution in [-0.4, -0.2) is 13.7 Å². The van der Waals surface area contributed by atoms with E-state index in [-0.39, 0.29) is 21.0 Å². The molecule has 0 unspecified atom stereocenters. The predicted molar refractivity (Wildman–Crippen MR) is 59.4 cm³/mol. The minimum Gasteiger partial charge on any atom is -0.276 e. The van der Waals surface area contributed by atoms with E-state index in [0.717, 1.165) is 6.07 Å². The number of hydrogen-bond donors (Lipinski definition) is 0. The molecule has 0 atom stereocenters. The van der Waals surface area contributed by atoms with Gasteiger partial charge >= 0.3 is 0 Å². The highest BCUT2D eigenvalue weighted by atomic mass is 35.7. The number of carbonyl (C=O) groups is 1. The van der Waals surface area contributed by atoms with Crippen LogP contribution in [0.1, 0.15) is 15.9 Å². The quantitative estimate of drug-likeness (QED) is 0.786. The maximum atomic E-state index is 11.1. The maximum absolute atomic E-state index is 11.1. The van der Waals surface area contributed by atoms with Gasteiger partial charge in [-0.1, -0.05) is 11.6 Å². The van der Waals surface area contributed by atoms with Crippen molar-refractivity contribution in [3.8, 4) is 0 Å². The fourth-order valence-electron chi connectivity index (χ4n) is 1.02. The van der Waals surface area contributed by atoms with E-state index >= 15 is 0 Å². The van der Waals surface area contributed by atoms with Crippen molar-refractivity contribution in [1.82, 2.24) is 0 Å². The molecule has 0 N–H and O–H groups in total. The van der Waals surface area contributed by atoms with Crippen LogP contribution in [0.25, 0.3) is 0 Å². The summed E-state index contributed by atoms with van der Waals surface area (Å²) in [5, 5.41) is -0.667. The highest BCUT2D eigenvalue weighted by molar-refractivity contribution is 8.13. The van der Waals surface area contributed by atoms with E-state index < -0.39 is 14.3 Å². The van der Waals surface area contributed by atoms with Crippen molar-refractivity contribution in [2.24, 2.45) is 0 Å². The first kappa shape index (κ1) is 12.8. The van der Waals surface area contributed by atoms with Gasteiger partial charge in [-0.2, -0.15) is 0 Å². The Labute approximate surface area is 101 Å². The summed E-state index contributed by atoms with van der Waals surface area (Å²) in [6, 6.07) is 2.39. The van der Waals surface area contributed by atoms with Gasteiger partial charge in [-0.15, -0.1) is 0 Å². The average Bonchev–Trinajstić information content (AvgIpc) is 2.06. The van der Waals surface area contributed by atoms with Gasteiger partial charge in [-0.25, -0.2) is 8.42 Å². The van der Waals surface area contributed by atoms with Gasteiger partial charge in [0.1, 0.15) is 0 Å². The molecule has 15 heavy (non-hydrogen) atoms. The van der Waals surface area contributed by atoms with E-state index in [9.17, 15) is 13.2 Å². The van der Waals surface area contributed by atoms with Crippen molar-refractivity contribution >= 4 is 48.2 Å². The standard InChI is InChI=1S/C8H5Cl3O3S/c1-4-6(9)2-5(8(10)12)3-7(4)15(11,13)14/h2-3H,1H3. The predicted octanol–water partition coefficient (Wildman–Crippen LogP) is 2.95. The minimum absolute atomic E-state index is 0.00788. The largest absolute Gasteiger partial charge is 0.276 e. The Morgan fingerprint density at radius 3 is 2.27 bits per heavy atom. The minimum atomic E-state index is -3.94. The number of rotatable bonds is 2. The second-order valence-corrected chi connectivity index (χ2v) is 6.08. The third-order valence-corrected chi connectivity index (χ3v) is 3.85. The molecular formula is C8H5Cl3O3S. The van der Waals surface area contributed by atoms with E-state index in [4.69, 9.17) is 33.9 Å². The first-order valence-electron chi connectivity index (χ1n) is 3.68. The van der Waals surface area contributed by atoms with Gasteiger partial charge in [-0.05, 0) is 36.2 Å². The highest BCUT2D eigenvalue weighted by Crippen LogP contribution is 2.28. The zero-order valence-electron chi connectivity index (χ0n) is 7.42. The molecule has 0 aliphatic carbocycles. The molecule has 0 amide bonds. The zero-order chi connectivity index (χ0) is 11.8. The molecular weight excluding hydrogens is 283 g/mol. The van der Waals surface area contributed by atoms with Crippen LogP contribution < -0.4 is 0 Å². The summed E-state index contributed by atoms with van der Waals surface area (Å²) in [4.78, 5) is 10.6. The van der Waals surface area contributed by atoms with Gasteiger partial charge in [0.25, 0.3) is 14.3 Å². The van der Waals surface area contributed by atoms with Crippen LogP contribution in [0.2, 0.25) is 5.02 Å². The first-order valence-corrected chi connectivity index (χ1v) is 6.74. The Morgan fingerprint density at radius 1 is 1.33 bits per heavy atom. The number of hydrogen-bond acceptors (Lipinski definition) is 3. The van der Waals surface area contributed by atoms with Crippen molar-refractivity contribution < 1.29 is 13.2 Å². The van der Waals surface area contributed by atoms with Crippen LogP contribution in [0.5, 0.6) is 0 Å². The molecule has 0 radical (unpaired) electrons. The van der Waals surface area contributed by atoms with Crippen molar-refractivity contribution in [3.05, 3.63) is 28.3 Å². The van der Waals surface area contributed by atoms with Gasteiger partial charge in [0.2, 0.25) is 0 Å². The third kappa shape index (κ3) is 2.84. The number of carbonyl (C=O) groups excluding carboxylic acids is 1. The molecule has 0 heterocycles. The summed E-state index contributed by atoms with van der Waals surface area (Å²) in [5.41, 5.74) is 0.278. The fourth-order valence-corrected chi connectivity index (χ4v) is 2.63. The molecule has 0 aliphatic heterocycles. The summed E-state index contributed by atoms with van der Waals surface area (Å²) >= 11 is 10.9. The van der Waals surface area contributed by atoms with Gasteiger partial charge in [0.15, 0.2) is 0 Å². The van der Waals surface area contributed by atoms with Gasteiger partial charge < -0.3 is 0 Å². The molecule has 0 saturated heterocycles. The molecule has 82 valence electrons. The monoisotopic (exact) mass is 286 g/mol. The molecule has 0 saturated carbocycles. The molecule has 0 aromatic heterocycles. The molecule has 3 nitrogen and oxygen atoms in total. The number of benzene rings is 1. The average molecular weight is 288 g/mol.